The van der Waals surface area contributed by atoms with Gasteiger partial charge in [0.1, 0.15) is 11.9 Å². The van der Waals surface area contributed by atoms with E-state index in [1.165, 1.54) is 24.0 Å². The molecule has 3 nitrogen and oxygen atoms in total. The summed E-state index contributed by atoms with van der Waals surface area (Å²) in [6.07, 6.45) is 3.91. The van der Waals surface area contributed by atoms with Crippen LogP contribution in [0.3, 0.4) is 0 Å². The number of aryl methyl sites for hydroxylation is 1. The third-order valence-electron chi connectivity index (χ3n) is 4.81. The second-order valence-electron chi connectivity index (χ2n) is 6.75. The zero-order valence-electron chi connectivity index (χ0n) is 13.6. The Morgan fingerprint density at radius 1 is 1.38 bits per heavy atom. The Kier molecular flexibility index (Phi) is 4.51. The monoisotopic (exact) mass is 288 g/mol. The van der Waals surface area contributed by atoms with Crippen molar-refractivity contribution >= 4 is 0 Å². The van der Waals surface area contributed by atoms with Gasteiger partial charge in [-0.05, 0) is 31.9 Å². The maximum Gasteiger partial charge on any atom is 0.123 e. The van der Waals surface area contributed by atoms with Crippen LogP contribution < -0.4 is 10.1 Å². The van der Waals surface area contributed by atoms with Gasteiger partial charge in [0.15, 0.2) is 0 Å². The lowest BCUT2D eigenvalue weighted by atomic mass is 10.0. The van der Waals surface area contributed by atoms with Gasteiger partial charge >= 0.3 is 0 Å². The van der Waals surface area contributed by atoms with Crippen LogP contribution in [0, 0.1) is 6.92 Å². The number of rotatable bonds is 4. The number of ether oxygens (including phenoxy) is 1. The molecule has 116 valence electrons. The van der Waals surface area contributed by atoms with E-state index in [0.29, 0.717) is 18.2 Å². The molecule has 2 aliphatic rings. The smallest absolute Gasteiger partial charge is 0.123 e. The Balaban J connectivity index is 1.59. The van der Waals surface area contributed by atoms with E-state index >= 15 is 0 Å². The molecule has 0 amide bonds. The summed E-state index contributed by atoms with van der Waals surface area (Å²) >= 11 is 0. The zero-order chi connectivity index (χ0) is 14.8. The fraction of sp³-hybridized carbons (Fsp3) is 0.667. The van der Waals surface area contributed by atoms with Gasteiger partial charge in [0.25, 0.3) is 0 Å². The van der Waals surface area contributed by atoms with Crippen LogP contribution in [0.5, 0.6) is 5.75 Å². The van der Waals surface area contributed by atoms with E-state index in [9.17, 15) is 0 Å². The number of fused-ring (bicyclic) bond motifs is 1. The van der Waals surface area contributed by atoms with Crippen molar-refractivity contribution in [3.8, 4) is 5.75 Å². The number of nitrogens with zero attached hydrogens (tertiary/aromatic N) is 1. The normalized spacial score (nSPS) is 29.2. The summed E-state index contributed by atoms with van der Waals surface area (Å²) in [5.41, 5.74) is 2.71. The molecule has 0 saturated carbocycles. The highest BCUT2D eigenvalue weighted by molar-refractivity contribution is 5.40. The maximum atomic E-state index is 6.15. The molecule has 1 aromatic carbocycles. The first-order chi connectivity index (χ1) is 10.2. The van der Waals surface area contributed by atoms with Gasteiger partial charge in [-0.15, -0.1) is 0 Å². The molecule has 3 heteroatoms. The molecule has 0 spiro atoms. The summed E-state index contributed by atoms with van der Waals surface area (Å²) in [7, 11) is 0. The molecule has 0 radical (unpaired) electrons. The van der Waals surface area contributed by atoms with Gasteiger partial charge in [-0.25, -0.2) is 0 Å². The van der Waals surface area contributed by atoms with Gasteiger partial charge in [-0.2, -0.15) is 0 Å². The average Bonchev–Trinajstić information content (AvgIpc) is 2.84. The minimum Gasteiger partial charge on any atom is -0.488 e. The second-order valence-corrected chi connectivity index (χ2v) is 6.75. The van der Waals surface area contributed by atoms with Crippen LogP contribution in [-0.4, -0.2) is 42.7 Å². The van der Waals surface area contributed by atoms with Crippen molar-refractivity contribution < 1.29 is 4.74 Å². The Labute approximate surface area is 128 Å². The Morgan fingerprint density at radius 2 is 2.24 bits per heavy atom. The van der Waals surface area contributed by atoms with E-state index in [4.69, 9.17) is 4.74 Å². The van der Waals surface area contributed by atoms with Gasteiger partial charge in [0.2, 0.25) is 0 Å². The summed E-state index contributed by atoms with van der Waals surface area (Å²) in [4.78, 5) is 2.61. The molecular formula is C18H28N2O. The fourth-order valence-electron chi connectivity index (χ4n) is 3.60. The molecule has 21 heavy (non-hydrogen) atoms. The minimum atomic E-state index is 0.324. The fourth-order valence-corrected chi connectivity index (χ4v) is 3.60. The maximum absolute atomic E-state index is 6.15. The Hall–Kier alpha value is -1.06. The lowest BCUT2D eigenvalue weighted by Gasteiger charge is -2.39. The summed E-state index contributed by atoms with van der Waals surface area (Å²) in [5.74, 6) is 1.10. The van der Waals surface area contributed by atoms with Crippen molar-refractivity contribution in [1.29, 1.82) is 0 Å². The standard InChI is InChI=1S/C18H28N2O/c1-4-5-16-11-20(14(3)10-19-16)12-17-9-15-8-13(2)6-7-18(15)21-17/h6-8,14,16-17,19H,4-5,9-12H2,1-3H3. The van der Waals surface area contributed by atoms with Crippen molar-refractivity contribution in [1.82, 2.24) is 10.2 Å². The number of hydrogen-bond acceptors (Lipinski definition) is 3. The zero-order valence-corrected chi connectivity index (χ0v) is 13.6. The molecule has 3 atom stereocenters. The van der Waals surface area contributed by atoms with Crippen LogP contribution in [0.15, 0.2) is 18.2 Å². The van der Waals surface area contributed by atoms with Crippen molar-refractivity contribution in [2.45, 2.75) is 58.2 Å². The number of hydrogen-bond donors (Lipinski definition) is 1. The van der Waals surface area contributed by atoms with Gasteiger partial charge in [0, 0.05) is 38.1 Å². The third kappa shape index (κ3) is 3.41. The largest absolute Gasteiger partial charge is 0.488 e. The topological polar surface area (TPSA) is 24.5 Å². The van der Waals surface area contributed by atoms with Crippen molar-refractivity contribution in [2.24, 2.45) is 0 Å². The van der Waals surface area contributed by atoms with Crippen LogP contribution in [0.2, 0.25) is 0 Å². The van der Waals surface area contributed by atoms with Crippen molar-refractivity contribution in [3.63, 3.8) is 0 Å². The number of piperazine rings is 1. The summed E-state index contributed by atoms with van der Waals surface area (Å²) in [6.45, 7) is 10.1. The molecule has 1 aromatic rings. The van der Waals surface area contributed by atoms with Gasteiger partial charge in [-0.3, -0.25) is 4.90 Å². The highest BCUT2D eigenvalue weighted by atomic mass is 16.5. The van der Waals surface area contributed by atoms with E-state index in [1.807, 2.05) is 0 Å². The predicted octanol–water partition coefficient (Wildman–Crippen LogP) is 2.76. The molecular weight excluding hydrogens is 260 g/mol. The van der Waals surface area contributed by atoms with E-state index in [-0.39, 0.29) is 0 Å². The number of benzene rings is 1. The first kappa shape index (κ1) is 14.9. The van der Waals surface area contributed by atoms with Crippen LogP contribution in [0.25, 0.3) is 0 Å². The molecule has 0 aliphatic carbocycles. The Bertz CT molecular complexity index is 488. The van der Waals surface area contributed by atoms with Crippen LogP contribution in [0.1, 0.15) is 37.8 Å². The van der Waals surface area contributed by atoms with E-state index < -0.39 is 0 Å². The molecule has 1 fully saturated rings. The van der Waals surface area contributed by atoms with Crippen LogP contribution in [0.4, 0.5) is 0 Å². The van der Waals surface area contributed by atoms with E-state index in [0.717, 1.165) is 31.8 Å². The van der Waals surface area contributed by atoms with Gasteiger partial charge in [-0.1, -0.05) is 31.0 Å². The molecule has 0 bridgehead atoms. The molecule has 3 rings (SSSR count). The summed E-state index contributed by atoms with van der Waals surface area (Å²) in [6, 6.07) is 7.80. The highest BCUT2D eigenvalue weighted by Gasteiger charge is 2.30. The lowest BCUT2D eigenvalue weighted by Crippen LogP contribution is -2.57. The van der Waals surface area contributed by atoms with Gasteiger partial charge < -0.3 is 10.1 Å². The van der Waals surface area contributed by atoms with E-state index in [1.54, 1.807) is 0 Å². The minimum absolute atomic E-state index is 0.324. The first-order valence-electron chi connectivity index (χ1n) is 8.39. The predicted molar refractivity (Wildman–Crippen MR) is 87.0 cm³/mol. The average molecular weight is 288 g/mol. The van der Waals surface area contributed by atoms with Crippen LogP contribution >= 0.6 is 0 Å². The number of nitrogens with one attached hydrogen (secondary N) is 1. The first-order valence-corrected chi connectivity index (χ1v) is 8.39. The Morgan fingerprint density at radius 3 is 3.05 bits per heavy atom. The summed E-state index contributed by atoms with van der Waals surface area (Å²) in [5, 5.41) is 3.67. The van der Waals surface area contributed by atoms with Crippen molar-refractivity contribution in [2.75, 3.05) is 19.6 Å². The van der Waals surface area contributed by atoms with Gasteiger partial charge in [0.05, 0.1) is 0 Å². The lowest BCUT2D eigenvalue weighted by molar-refractivity contribution is 0.0855. The highest BCUT2D eigenvalue weighted by Crippen LogP contribution is 2.30. The van der Waals surface area contributed by atoms with Crippen LogP contribution in [-0.2, 0) is 6.42 Å². The molecule has 0 aromatic heterocycles. The molecule has 1 saturated heterocycles. The molecule has 2 aliphatic heterocycles. The quantitative estimate of drug-likeness (QED) is 0.922. The summed E-state index contributed by atoms with van der Waals surface area (Å²) < 4.78 is 6.15. The second kappa shape index (κ2) is 6.37. The molecule has 3 unspecified atom stereocenters. The van der Waals surface area contributed by atoms with E-state index in [2.05, 4.69) is 49.2 Å². The molecule has 1 N–H and O–H groups in total. The van der Waals surface area contributed by atoms with Crippen molar-refractivity contribution in [3.05, 3.63) is 29.3 Å². The third-order valence-corrected chi connectivity index (χ3v) is 4.81. The molecule has 2 heterocycles. The SMILES string of the molecule is CCCC1CN(CC2Cc3cc(C)ccc3O2)C(C)CN1.